The highest BCUT2D eigenvalue weighted by molar-refractivity contribution is 6.46. The average Bonchev–Trinajstić information content (AvgIpc) is 3.36. The lowest BCUT2D eigenvalue weighted by molar-refractivity contribution is -0.384. The second-order valence-corrected chi connectivity index (χ2v) is 6.87. The van der Waals surface area contributed by atoms with Crippen molar-refractivity contribution in [3.8, 4) is 0 Å². The van der Waals surface area contributed by atoms with Gasteiger partial charge < -0.3 is 14.4 Å². The number of hydrogen-bond donors (Lipinski definition) is 1. The number of hydrogen-bond acceptors (Lipinski definition) is 6. The normalized spacial score (nSPS) is 17.8. The number of amides is 1. The summed E-state index contributed by atoms with van der Waals surface area (Å²) in [4.78, 5) is 37.4. The maximum Gasteiger partial charge on any atom is 0.296 e. The lowest BCUT2D eigenvalue weighted by atomic mass is 9.95. The van der Waals surface area contributed by atoms with Crippen molar-refractivity contribution in [1.82, 2.24) is 4.90 Å². The first-order chi connectivity index (χ1) is 14.9. The van der Waals surface area contributed by atoms with Crippen molar-refractivity contribution in [2.24, 2.45) is 0 Å². The molecule has 1 aliphatic rings. The third-order valence-electron chi connectivity index (χ3n) is 4.96. The maximum atomic E-state index is 13.5. The Morgan fingerprint density at radius 2 is 1.87 bits per heavy atom. The molecule has 1 N–H and O–H groups in total. The van der Waals surface area contributed by atoms with Crippen LogP contribution in [0.25, 0.3) is 5.76 Å². The van der Waals surface area contributed by atoms with E-state index in [-0.39, 0.29) is 23.4 Å². The van der Waals surface area contributed by atoms with Crippen molar-refractivity contribution in [3.63, 3.8) is 0 Å². The van der Waals surface area contributed by atoms with E-state index in [0.29, 0.717) is 11.3 Å². The molecule has 156 valence electrons. The fraction of sp³-hybridized carbons (Fsp3) is 0.0909. The molecule has 31 heavy (non-hydrogen) atoms. The van der Waals surface area contributed by atoms with E-state index in [9.17, 15) is 29.2 Å². The molecular weight excluding hydrogens is 407 g/mol. The molecule has 1 unspecified atom stereocenters. The Morgan fingerprint density at radius 1 is 1.13 bits per heavy atom. The first-order valence-electron chi connectivity index (χ1n) is 9.18. The van der Waals surface area contributed by atoms with Gasteiger partial charge in [0, 0.05) is 17.7 Å². The van der Waals surface area contributed by atoms with Gasteiger partial charge in [0.1, 0.15) is 17.3 Å². The second-order valence-electron chi connectivity index (χ2n) is 6.87. The Labute approximate surface area is 175 Å². The maximum absolute atomic E-state index is 13.5. The summed E-state index contributed by atoms with van der Waals surface area (Å²) in [6, 6.07) is 12.5. The van der Waals surface area contributed by atoms with Gasteiger partial charge in [-0.25, -0.2) is 4.39 Å². The highest BCUT2D eigenvalue weighted by Gasteiger charge is 2.46. The molecule has 2 heterocycles. The molecule has 1 amide bonds. The Balaban J connectivity index is 1.87. The molecular formula is C22H15FN2O6. The average molecular weight is 422 g/mol. The van der Waals surface area contributed by atoms with Gasteiger partial charge in [-0.3, -0.25) is 19.7 Å². The van der Waals surface area contributed by atoms with E-state index in [1.165, 1.54) is 53.6 Å². The molecule has 2 aromatic carbocycles. The van der Waals surface area contributed by atoms with Crippen LogP contribution in [-0.2, 0) is 16.1 Å². The molecule has 0 bridgehead atoms. The van der Waals surface area contributed by atoms with Gasteiger partial charge >= 0.3 is 0 Å². The number of aliphatic hydroxyl groups is 1. The van der Waals surface area contributed by atoms with Crippen molar-refractivity contribution >= 4 is 23.1 Å². The summed E-state index contributed by atoms with van der Waals surface area (Å²) in [6.45, 7) is -0.0642. The molecule has 1 aromatic heterocycles. The van der Waals surface area contributed by atoms with E-state index in [0.717, 1.165) is 6.07 Å². The number of furan rings is 1. The molecule has 8 nitrogen and oxygen atoms in total. The molecule has 1 aliphatic heterocycles. The van der Waals surface area contributed by atoms with Crippen LogP contribution in [0.1, 0.15) is 22.9 Å². The van der Waals surface area contributed by atoms with Gasteiger partial charge in [-0.2, -0.15) is 0 Å². The SMILES string of the molecule is O=C1C(=O)N(Cc2ccco2)C(c2ccc(F)cc2)/C1=C(\O)c1cccc([N+](=O)[O-])c1. The minimum absolute atomic E-state index is 0.0114. The summed E-state index contributed by atoms with van der Waals surface area (Å²) < 4.78 is 18.8. The molecule has 0 spiro atoms. The van der Waals surface area contributed by atoms with Gasteiger partial charge in [0.2, 0.25) is 0 Å². The second kappa shape index (κ2) is 7.86. The fourth-order valence-corrected chi connectivity index (χ4v) is 3.53. The summed E-state index contributed by atoms with van der Waals surface area (Å²) in [5, 5.41) is 22.0. The summed E-state index contributed by atoms with van der Waals surface area (Å²) >= 11 is 0. The van der Waals surface area contributed by atoms with Crippen molar-refractivity contribution in [1.29, 1.82) is 0 Å². The number of nitro benzene ring substituents is 1. The van der Waals surface area contributed by atoms with Crippen LogP contribution in [0.4, 0.5) is 10.1 Å². The van der Waals surface area contributed by atoms with Gasteiger partial charge in [-0.05, 0) is 29.8 Å². The van der Waals surface area contributed by atoms with E-state index in [4.69, 9.17) is 4.42 Å². The molecule has 9 heteroatoms. The molecule has 0 aliphatic carbocycles. The lowest BCUT2D eigenvalue weighted by Crippen LogP contribution is -2.29. The van der Waals surface area contributed by atoms with Gasteiger partial charge in [0.25, 0.3) is 17.4 Å². The van der Waals surface area contributed by atoms with E-state index < -0.39 is 34.2 Å². The molecule has 1 saturated heterocycles. The predicted octanol–water partition coefficient (Wildman–Crippen LogP) is 3.95. The van der Waals surface area contributed by atoms with Gasteiger partial charge in [-0.15, -0.1) is 0 Å². The first kappa shape index (κ1) is 20.0. The number of carbonyl (C=O) groups is 2. The van der Waals surface area contributed by atoms with Crippen LogP contribution in [0.3, 0.4) is 0 Å². The van der Waals surface area contributed by atoms with Crippen LogP contribution < -0.4 is 0 Å². The largest absolute Gasteiger partial charge is 0.507 e. The minimum Gasteiger partial charge on any atom is -0.507 e. The van der Waals surface area contributed by atoms with Gasteiger partial charge in [0.05, 0.1) is 29.3 Å². The predicted molar refractivity (Wildman–Crippen MR) is 106 cm³/mol. The number of ketones is 1. The van der Waals surface area contributed by atoms with Crippen LogP contribution in [0.2, 0.25) is 0 Å². The van der Waals surface area contributed by atoms with Gasteiger partial charge in [-0.1, -0.05) is 24.3 Å². The third-order valence-corrected chi connectivity index (χ3v) is 4.96. The van der Waals surface area contributed by atoms with E-state index in [2.05, 4.69) is 0 Å². The van der Waals surface area contributed by atoms with Crippen molar-refractivity contribution < 1.29 is 28.4 Å². The number of benzene rings is 2. The van der Waals surface area contributed by atoms with Crippen LogP contribution in [0.5, 0.6) is 0 Å². The number of carbonyl (C=O) groups excluding carboxylic acids is 2. The number of rotatable bonds is 5. The first-order valence-corrected chi connectivity index (χ1v) is 9.18. The number of aliphatic hydroxyl groups excluding tert-OH is 1. The molecule has 0 saturated carbocycles. The summed E-state index contributed by atoms with van der Waals surface area (Å²) in [5.41, 5.74) is -0.132. The highest BCUT2D eigenvalue weighted by atomic mass is 19.1. The lowest BCUT2D eigenvalue weighted by Gasteiger charge is -2.24. The molecule has 3 aromatic rings. The van der Waals surface area contributed by atoms with Crippen LogP contribution in [0, 0.1) is 15.9 Å². The number of likely N-dealkylation sites (tertiary alicyclic amines) is 1. The standard InChI is InChI=1S/C22H15FN2O6/c23-15-8-6-13(7-9-15)19-18(20(26)14-3-1-4-16(11-14)25(29)30)21(27)22(28)24(19)12-17-5-2-10-31-17/h1-11,19,26H,12H2/b20-18+. The Hall–Kier alpha value is -4.27. The topological polar surface area (TPSA) is 114 Å². The zero-order valence-corrected chi connectivity index (χ0v) is 15.9. The van der Waals surface area contributed by atoms with Crippen LogP contribution in [-0.4, -0.2) is 26.6 Å². The Kier molecular flexibility index (Phi) is 5.08. The zero-order valence-electron chi connectivity index (χ0n) is 15.9. The quantitative estimate of drug-likeness (QED) is 0.219. The molecule has 1 fully saturated rings. The van der Waals surface area contributed by atoms with Crippen LogP contribution in [0.15, 0.2) is 76.9 Å². The Morgan fingerprint density at radius 3 is 2.52 bits per heavy atom. The number of non-ortho nitro benzene ring substituents is 1. The molecule has 4 rings (SSSR count). The zero-order chi connectivity index (χ0) is 22.1. The molecule has 0 radical (unpaired) electrons. The van der Waals surface area contributed by atoms with Crippen LogP contribution >= 0.6 is 0 Å². The summed E-state index contributed by atoms with van der Waals surface area (Å²) in [7, 11) is 0. The van der Waals surface area contributed by atoms with E-state index in [1.807, 2.05) is 0 Å². The monoisotopic (exact) mass is 422 g/mol. The molecule has 1 atom stereocenters. The van der Waals surface area contributed by atoms with E-state index in [1.54, 1.807) is 12.1 Å². The third kappa shape index (κ3) is 3.68. The number of halogens is 1. The number of Topliss-reactive ketones (excluding diaryl/α,β-unsaturated/α-hetero) is 1. The Bertz CT molecular complexity index is 1200. The van der Waals surface area contributed by atoms with E-state index >= 15 is 0 Å². The van der Waals surface area contributed by atoms with Crippen molar-refractivity contribution in [3.05, 3.63) is 105 Å². The summed E-state index contributed by atoms with van der Waals surface area (Å²) in [5.74, 6) is -2.49. The fourth-order valence-electron chi connectivity index (χ4n) is 3.53. The van der Waals surface area contributed by atoms with Crippen molar-refractivity contribution in [2.45, 2.75) is 12.6 Å². The van der Waals surface area contributed by atoms with Gasteiger partial charge in [0.15, 0.2) is 0 Å². The minimum atomic E-state index is -1.04. The summed E-state index contributed by atoms with van der Waals surface area (Å²) in [6.07, 6.45) is 1.42. The van der Waals surface area contributed by atoms with Crippen molar-refractivity contribution in [2.75, 3.05) is 0 Å². The smallest absolute Gasteiger partial charge is 0.296 e. The number of nitrogens with zero attached hydrogens (tertiary/aromatic N) is 2. The number of nitro groups is 1. The highest BCUT2D eigenvalue weighted by Crippen LogP contribution is 2.40.